The van der Waals surface area contributed by atoms with E-state index >= 15 is 0 Å². The number of likely N-dealkylation sites (N-methyl/N-ethyl adjacent to an activating group) is 1. The topological polar surface area (TPSA) is 49.6 Å². The van der Waals surface area contributed by atoms with Gasteiger partial charge in [-0.25, -0.2) is 13.3 Å². The van der Waals surface area contributed by atoms with E-state index in [4.69, 9.17) is 0 Å². The lowest BCUT2D eigenvalue weighted by molar-refractivity contribution is 0.286. The number of nitrogens with zero attached hydrogens (tertiary/aromatic N) is 3. The van der Waals surface area contributed by atoms with Crippen LogP contribution in [0.25, 0.3) is 10.9 Å². The van der Waals surface area contributed by atoms with Crippen molar-refractivity contribution in [1.82, 2.24) is 14.2 Å². The van der Waals surface area contributed by atoms with E-state index in [0.717, 1.165) is 17.0 Å². The van der Waals surface area contributed by atoms with Crippen molar-refractivity contribution in [2.24, 2.45) is 4.36 Å². The molecule has 5 nitrogen and oxygen atoms in total. The average molecular weight is 306 g/mol. The molecule has 1 N–H and O–H groups in total. The van der Waals surface area contributed by atoms with Gasteiger partial charge in [0.1, 0.15) is 9.92 Å². The molecule has 1 aromatic carbocycles. The SMILES string of the molecule is CN=S1(=O)NCc2c1ccc1c2ccn1C[C@@H](C)N(C)C. The number of hydrogen-bond acceptors (Lipinski definition) is 3. The van der Waals surface area contributed by atoms with Gasteiger partial charge in [-0.3, -0.25) is 0 Å². The fraction of sp³-hybridized carbons (Fsp3) is 0.467. The van der Waals surface area contributed by atoms with E-state index in [2.05, 4.69) is 57.9 Å². The van der Waals surface area contributed by atoms with E-state index < -0.39 is 9.92 Å². The van der Waals surface area contributed by atoms with Gasteiger partial charge in [0.2, 0.25) is 0 Å². The number of benzene rings is 1. The molecule has 0 saturated heterocycles. The van der Waals surface area contributed by atoms with Crippen LogP contribution in [0.3, 0.4) is 0 Å². The molecule has 0 radical (unpaired) electrons. The maximum Gasteiger partial charge on any atom is 0.137 e. The Bertz CT molecular complexity index is 799. The van der Waals surface area contributed by atoms with Gasteiger partial charge in [0.15, 0.2) is 0 Å². The van der Waals surface area contributed by atoms with Crippen LogP contribution in [0.2, 0.25) is 0 Å². The molecule has 3 rings (SSSR count). The zero-order chi connectivity index (χ0) is 15.2. The third-order valence-electron chi connectivity index (χ3n) is 4.36. The highest BCUT2D eigenvalue weighted by Gasteiger charge is 2.25. The van der Waals surface area contributed by atoms with E-state index in [1.807, 2.05) is 6.07 Å². The Morgan fingerprint density at radius 3 is 2.86 bits per heavy atom. The minimum absolute atomic E-state index is 0.460. The Kier molecular flexibility index (Phi) is 3.55. The second-order valence-electron chi connectivity index (χ2n) is 5.79. The zero-order valence-electron chi connectivity index (χ0n) is 13.0. The average Bonchev–Trinajstić information content (AvgIpc) is 3.01. The fourth-order valence-corrected chi connectivity index (χ4v) is 4.36. The van der Waals surface area contributed by atoms with Gasteiger partial charge in [-0.2, -0.15) is 0 Å². The Labute approximate surface area is 126 Å². The first-order valence-electron chi connectivity index (χ1n) is 7.13. The molecule has 2 atom stereocenters. The van der Waals surface area contributed by atoms with E-state index in [0.29, 0.717) is 12.6 Å². The van der Waals surface area contributed by atoms with Gasteiger partial charge in [0, 0.05) is 43.3 Å². The van der Waals surface area contributed by atoms with E-state index in [1.54, 1.807) is 7.05 Å². The fourth-order valence-electron chi connectivity index (χ4n) is 2.77. The van der Waals surface area contributed by atoms with Gasteiger partial charge in [0.05, 0.1) is 4.90 Å². The molecule has 2 heterocycles. The third kappa shape index (κ3) is 2.27. The normalized spacial score (nSPS) is 22.7. The highest BCUT2D eigenvalue weighted by atomic mass is 32.2. The van der Waals surface area contributed by atoms with Crippen LogP contribution in [0.5, 0.6) is 0 Å². The minimum atomic E-state index is -2.41. The van der Waals surface area contributed by atoms with E-state index in [-0.39, 0.29) is 0 Å². The smallest absolute Gasteiger partial charge is 0.137 e. The molecular formula is C15H22N4OS. The van der Waals surface area contributed by atoms with Crippen molar-refractivity contribution in [3.63, 3.8) is 0 Å². The highest BCUT2D eigenvalue weighted by Crippen LogP contribution is 2.31. The molecular weight excluding hydrogens is 284 g/mol. The molecule has 1 aliphatic rings. The molecule has 1 aromatic heterocycles. The third-order valence-corrected chi connectivity index (χ3v) is 6.39. The highest BCUT2D eigenvalue weighted by molar-refractivity contribution is 7.92. The van der Waals surface area contributed by atoms with Crippen LogP contribution in [0.4, 0.5) is 0 Å². The number of rotatable bonds is 3. The van der Waals surface area contributed by atoms with Gasteiger partial charge in [0.25, 0.3) is 0 Å². The summed E-state index contributed by atoms with van der Waals surface area (Å²) < 4.78 is 22.0. The van der Waals surface area contributed by atoms with Gasteiger partial charge in [-0.05, 0) is 44.8 Å². The van der Waals surface area contributed by atoms with Crippen molar-refractivity contribution in [1.29, 1.82) is 0 Å². The van der Waals surface area contributed by atoms with Gasteiger partial charge < -0.3 is 9.47 Å². The summed E-state index contributed by atoms with van der Waals surface area (Å²) >= 11 is 0. The van der Waals surface area contributed by atoms with E-state index in [9.17, 15) is 4.21 Å². The van der Waals surface area contributed by atoms with Crippen LogP contribution >= 0.6 is 0 Å². The van der Waals surface area contributed by atoms with Crippen molar-refractivity contribution >= 4 is 20.8 Å². The Hall–Kier alpha value is -1.37. The molecule has 0 bridgehead atoms. The summed E-state index contributed by atoms with van der Waals surface area (Å²) in [6.45, 7) is 3.77. The first-order chi connectivity index (χ1) is 9.96. The maximum atomic E-state index is 12.6. The molecule has 21 heavy (non-hydrogen) atoms. The summed E-state index contributed by atoms with van der Waals surface area (Å²) in [7, 11) is 3.38. The summed E-state index contributed by atoms with van der Waals surface area (Å²) in [5.74, 6) is 0. The second-order valence-corrected chi connectivity index (χ2v) is 7.93. The van der Waals surface area contributed by atoms with Gasteiger partial charge >= 0.3 is 0 Å². The van der Waals surface area contributed by atoms with Crippen molar-refractivity contribution < 1.29 is 4.21 Å². The van der Waals surface area contributed by atoms with Crippen molar-refractivity contribution in [3.8, 4) is 0 Å². The minimum Gasteiger partial charge on any atom is -0.346 e. The lowest BCUT2D eigenvalue weighted by atomic mass is 10.1. The van der Waals surface area contributed by atoms with Crippen LogP contribution in [-0.2, 0) is 23.0 Å². The lowest BCUT2D eigenvalue weighted by Crippen LogP contribution is -2.28. The predicted molar refractivity (Wildman–Crippen MR) is 86.7 cm³/mol. The van der Waals surface area contributed by atoms with Crippen molar-refractivity contribution in [2.75, 3.05) is 21.1 Å². The van der Waals surface area contributed by atoms with E-state index in [1.165, 1.54) is 10.9 Å². The predicted octanol–water partition coefficient (Wildman–Crippen LogP) is 2.07. The maximum absolute atomic E-state index is 12.6. The van der Waals surface area contributed by atoms with Crippen molar-refractivity contribution in [3.05, 3.63) is 30.0 Å². The summed E-state index contributed by atoms with van der Waals surface area (Å²) in [6, 6.07) is 6.61. The Balaban J connectivity index is 2.09. The number of hydrogen-bond donors (Lipinski definition) is 1. The molecule has 0 spiro atoms. The first-order valence-corrected chi connectivity index (χ1v) is 8.65. The molecule has 0 fully saturated rings. The second kappa shape index (κ2) is 5.12. The lowest BCUT2D eigenvalue weighted by Gasteiger charge is -2.20. The number of nitrogens with one attached hydrogen (secondary N) is 1. The molecule has 0 aliphatic carbocycles. The molecule has 114 valence electrons. The monoisotopic (exact) mass is 306 g/mol. The Morgan fingerprint density at radius 1 is 1.43 bits per heavy atom. The van der Waals surface area contributed by atoms with Crippen molar-refractivity contribution in [2.45, 2.75) is 31.0 Å². The van der Waals surface area contributed by atoms with Crippen LogP contribution in [0.1, 0.15) is 12.5 Å². The summed E-state index contributed by atoms with van der Waals surface area (Å²) in [5, 5.41) is 1.18. The quantitative estimate of drug-likeness (QED) is 0.944. The summed E-state index contributed by atoms with van der Waals surface area (Å²) in [6.07, 6.45) is 2.12. The van der Waals surface area contributed by atoms with Crippen LogP contribution < -0.4 is 4.72 Å². The molecule has 2 aromatic rings. The Morgan fingerprint density at radius 2 is 2.19 bits per heavy atom. The summed E-state index contributed by atoms with van der Waals surface area (Å²) in [4.78, 5) is 3.06. The molecule has 6 heteroatoms. The van der Waals surface area contributed by atoms with Gasteiger partial charge in [-0.15, -0.1) is 0 Å². The molecule has 0 amide bonds. The first kappa shape index (κ1) is 14.6. The largest absolute Gasteiger partial charge is 0.346 e. The van der Waals surface area contributed by atoms with Gasteiger partial charge in [-0.1, -0.05) is 0 Å². The standard InChI is InChI=1S/C15H22N4OS/c1-11(18(3)4)10-19-8-7-12-13-9-17-21(20,16-2)15(13)6-5-14(12)19/h5-8,11H,9-10H2,1-4H3,(H,16,17,20)/t11-,21?/m1/s1. The summed E-state index contributed by atoms with van der Waals surface area (Å²) in [5.41, 5.74) is 2.32. The zero-order valence-corrected chi connectivity index (χ0v) is 13.8. The molecule has 0 saturated carbocycles. The number of fused-ring (bicyclic) bond motifs is 3. The number of aromatic nitrogens is 1. The van der Waals surface area contributed by atoms with Crippen LogP contribution in [-0.4, -0.2) is 40.9 Å². The molecule has 1 unspecified atom stereocenters. The van der Waals surface area contributed by atoms with Crippen LogP contribution in [0, 0.1) is 0 Å². The molecule has 1 aliphatic heterocycles. The van der Waals surface area contributed by atoms with Crippen LogP contribution in [0.15, 0.2) is 33.7 Å².